The molecule has 0 radical (unpaired) electrons. The molecule has 0 amide bonds. The Morgan fingerprint density at radius 3 is 2.45 bits per heavy atom. The molecule has 0 saturated carbocycles. The highest BCUT2D eigenvalue weighted by atomic mass is 16.3. The van der Waals surface area contributed by atoms with Crippen LogP contribution >= 0.6 is 0 Å². The maximum atomic E-state index is 6.75. The molecular weight excluding hydrogens is 683 g/mol. The molecule has 5 aromatic heterocycles. The van der Waals surface area contributed by atoms with Gasteiger partial charge in [-0.15, -0.1) is 0 Å². The molecule has 2 aliphatic heterocycles. The maximum Gasteiger partial charge on any atom is 0.218 e. The van der Waals surface area contributed by atoms with Crippen LogP contribution in [0.25, 0.3) is 88.2 Å². The van der Waals surface area contributed by atoms with Crippen LogP contribution in [0.1, 0.15) is 67.8 Å². The van der Waals surface area contributed by atoms with Gasteiger partial charge in [-0.05, 0) is 97.0 Å². The highest BCUT2D eigenvalue weighted by molar-refractivity contribution is 6.33. The molecule has 2 atom stereocenters. The lowest BCUT2D eigenvalue weighted by molar-refractivity contribution is -0.720. The Labute approximate surface area is 325 Å². The van der Waals surface area contributed by atoms with E-state index in [1.165, 1.54) is 88.2 Å². The van der Waals surface area contributed by atoms with Gasteiger partial charge in [0.2, 0.25) is 11.4 Å². The van der Waals surface area contributed by atoms with Gasteiger partial charge >= 0.3 is 0 Å². The van der Waals surface area contributed by atoms with Gasteiger partial charge < -0.3 is 8.82 Å². The summed E-state index contributed by atoms with van der Waals surface area (Å²) in [5.41, 5.74) is 17.3. The summed E-state index contributed by atoms with van der Waals surface area (Å²) in [6.07, 6.45) is 7.43. The van der Waals surface area contributed by atoms with Crippen LogP contribution in [0.5, 0.6) is 0 Å². The predicted octanol–water partition coefficient (Wildman–Crippen LogP) is 12.4. The summed E-state index contributed by atoms with van der Waals surface area (Å²) in [7, 11) is 0. The third-order valence-corrected chi connectivity index (χ3v) is 13.2. The third-order valence-electron chi connectivity index (χ3n) is 13.2. The Kier molecular flexibility index (Phi) is 6.39. The molecule has 270 valence electrons. The number of nitrogens with zero attached hydrogens (tertiary/aromatic N) is 3. The van der Waals surface area contributed by atoms with Gasteiger partial charge in [-0.1, -0.05) is 68.8 Å². The quantitative estimate of drug-likeness (QED) is 0.143. The number of hydrogen-bond acceptors (Lipinski definition) is 1. The van der Waals surface area contributed by atoms with Crippen LogP contribution in [0.4, 0.5) is 0 Å². The molecule has 0 bridgehead atoms. The Bertz CT molecular complexity index is 3320. The largest absolute Gasteiger partial charge is 0.455 e. The fraction of sp³-hybridized carbons (Fsp3) is 0.192. The van der Waals surface area contributed by atoms with E-state index >= 15 is 0 Å². The first-order chi connectivity index (χ1) is 27.2. The number of allylic oxidation sites excluding steroid dienone is 1. The van der Waals surface area contributed by atoms with Crippen LogP contribution in [0.15, 0.2) is 139 Å². The summed E-state index contributed by atoms with van der Waals surface area (Å²) < 4.78 is 14.2. The fourth-order valence-electron chi connectivity index (χ4n) is 10.5. The Balaban J connectivity index is 1.19. The van der Waals surface area contributed by atoms with Gasteiger partial charge in [-0.25, -0.2) is 0 Å². The first-order valence-electron chi connectivity index (χ1n) is 20.1. The summed E-state index contributed by atoms with van der Waals surface area (Å²) in [4.78, 5) is 0. The number of fused-ring (bicyclic) bond motifs is 19. The van der Waals surface area contributed by atoms with Crippen LogP contribution in [0.2, 0.25) is 0 Å². The zero-order valence-corrected chi connectivity index (χ0v) is 32.4. The van der Waals surface area contributed by atoms with Crippen molar-refractivity contribution in [2.24, 2.45) is 0 Å². The SMILES string of the molecule is C=C1CC2C(CCc3cc4c(cc3-c3cc(C(C)(C)C)cc[n+]31)c1cc3c5ccccc5oc3c3c5cc(C)ccc5n4c13)c1ccccc1-c1cccc[n+]12. The van der Waals surface area contributed by atoms with Gasteiger partial charge in [-0.2, -0.15) is 9.13 Å². The van der Waals surface area contributed by atoms with Crippen molar-refractivity contribution in [3.63, 3.8) is 0 Å². The number of aromatic nitrogens is 3. The van der Waals surface area contributed by atoms with Crippen molar-refractivity contribution >= 4 is 65.7 Å². The molecule has 4 heteroatoms. The second-order valence-corrected chi connectivity index (χ2v) is 17.5. The number of pyridine rings is 2. The maximum absolute atomic E-state index is 6.75. The van der Waals surface area contributed by atoms with Gasteiger partial charge in [0.1, 0.15) is 11.2 Å². The molecule has 5 aromatic carbocycles. The summed E-state index contributed by atoms with van der Waals surface area (Å²) >= 11 is 0. The molecule has 0 N–H and O–H groups in total. The Morgan fingerprint density at radius 1 is 0.714 bits per heavy atom. The van der Waals surface area contributed by atoms with Crippen LogP contribution < -0.4 is 9.13 Å². The molecule has 2 unspecified atom stereocenters. The molecule has 4 nitrogen and oxygen atoms in total. The minimum Gasteiger partial charge on any atom is -0.455 e. The van der Waals surface area contributed by atoms with Crippen molar-refractivity contribution < 1.29 is 13.6 Å². The second kappa shape index (κ2) is 11.2. The molecule has 10 aromatic rings. The summed E-state index contributed by atoms with van der Waals surface area (Å²) in [5.74, 6) is 0.333. The number of para-hydroxylation sites is 1. The van der Waals surface area contributed by atoms with Crippen molar-refractivity contribution in [3.8, 4) is 22.5 Å². The van der Waals surface area contributed by atoms with E-state index in [1.807, 2.05) is 0 Å². The van der Waals surface area contributed by atoms with Crippen molar-refractivity contribution in [2.45, 2.75) is 64.3 Å². The molecule has 7 heterocycles. The molecule has 2 aliphatic rings. The van der Waals surface area contributed by atoms with E-state index in [-0.39, 0.29) is 11.5 Å². The number of benzene rings is 5. The third kappa shape index (κ3) is 4.30. The molecule has 0 aliphatic carbocycles. The summed E-state index contributed by atoms with van der Waals surface area (Å²) in [6, 6.07) is 43.6. The lowest BCUT2D eigenvalue weighted by Crippen LogP contribution is -2.49. The van der Waals surface area contributed by atoms with E-state index in [1.54, 1.807) is 0 Å². The van der Waals surface area contributed by atoms with E-state index < -0.39 is 0 Å². The number of hydrogen-bond donors (Lipinski definition) is 0. The van der Waals surface area contributed by atoms with Crippen molar-refractivity contribution in [3.05, 3.63) is 156 Å². The first-order valence-corrected chi connectivity index (χ1v) is 20.1. The van der Waals surface area contributed by atoms with Crippen LogP contribution in [-0.2, 0) is 11.8 Å². The number of furan rings is 1. The van der Waals surface area contributed by atoms with E-state index in [2.05, 4.69) is 169 Å². The predicted molar refractivity (Wildman–Crippen MR) is 230 cm³/mol. The average Bonchev–Trinajstić information content (AvgIpc) is 3.85. The molecule has 56 heavy (non-hydrogen) atoms. The van der Waals surface area contributed by atoms with Gasteiger partial charge in [0, 0.05) is 62.7 Å². The lowest BCUT2D eigenvalue weighted by atomic mass is 9.77. The molecule has 0 fully saturated rings. The van der Waals surface area contributed by atoms with E-state index in [9.17, 15) is 0 Å². The van der Waals surface area contributed by atoms with Crippen molar-refractivity contribution in [1.82, 2.24) is 4.40 Å². The van der Waals surface area contributed by atoms with Crippen LogP contribution in [0, 0.1) is 6.92 Å². The smallest absolute Gasteiger partial charge is 0.218 e. The molecule has 0 saturated heterocycles. The van der Waals surface area contributed by atoms with Gasteiger partial charge in [0.25, 0.3) is 0 Å². The normalized spacial score (nSPS) is 17.1. The first kappa shape index (κ1) is 32.0. The topological polar surface area (TPSA) is 25.3 Å². The van der Waals surface area contributed by atoms with E-state index in [4.69, 9.17) is 11.0 Å². The highest BCUT2D eigenvalue weighted by Gasteiger charge is 2.42. The Morgan fingerprint density at radius 2 is 1.55 bits per heavy atom. The zero-order valence-electron chi connectivity index (χ0n) is 32.4. The number of aryl methyl sites for hydroxylation is 2. The second-order valence-electron chi connectivity index (χ2n) is 17.5. The van der Waals surface area contributed by atoms with Gasteiger partial charge in [-0.3, -0.25) is 0 Å². The van der Waals surface area contributed by atoms with E-state index in [0.29, 0.717) is 5.92 Å². The standard InChI is InChI=1S/C52H43N3O/c1-30-17-20-44-42(24-30)49-50-40(29-41-37-14-8-9-16-48(37)56-51(41)49)39-28-38-32(26-47(39)55(44)50)18-19-36-34-12-6-7-13-35(34)43-15-10-11-22-54(43)45(36)25-31(2)53-23-21-33(27-46(38)53)52(3,4)5/h6-17,20-24,26-29,36,45H,2,18-19,25H2,1,3-5H3/q+2. The molecule has 12 rings (SSSR count). The minimum absolute atomic E-state index is 0.00891. The van der Waals surface area contributed by atoms with Crippen molar-refractivity contribution in [1.29, 1.82) is 0 Å². The fourth-order valence-corrected chi connectivity index (χ4v) is 10.5. The number of rotatable bonds is 0. The van der Waals surface area contributed by atoms with Gasteiger partial charge in [0.15, 0.2) is 24.1 Å². The Hall–Kier alpha value is -6.26. The zero-order chi connectivity index (χ0) is 37.6. The molecular formula is C52H43N3O+2. The monoisotopic (exact) mass is 725 g/mol. The van der Waals surface area contributed by atoms with Crippen LogP contribution in [-0.4, -0.2) is 4.40 Å². The van der Waals surface area contributed by atoms with E-state index in [0.717, 1.165) is 41.5 Å². The average molecular weight is 726 g/mol. The van der Waals surface area contributed by atoms with Gasteiger partial charge in [0.05, 0.1) is 33.9 Å². The summed E-state index contributed by atoms with van der Waals surface area (Å²) in [5, 5.41) is 7.35. The highest BCUT2D eigenvalue weighted by Crippen LogP contribution is 2.48. The van der Waals surface area contributed by atoms with Crippen LogP contribution in [0.3, 0.4) is 0 Å². The van der Waals surface area contributed by atoms with Crippen molar-refractivity contribution in [2.75, 3.05) is 0 Å². The minimum atomic E-state index is -0.00891. The molecule has 0 spiro atoms. The lowest BCUT2D eigenvalue weighted by Gasteiger charge is -2.31. The summed E-state index contributed by atoms with van der Waals surface area (Å²) in [6.45, 7) is 14.0.